The van der Waals surface area contributed by atoms with Crippen LogP contribution in [0.2, 0.25) is 5.02 Å². The van der Waals surface area contributed by atoms with Crippen LogP contribution in [0, 0.1) is 19.0 Å². The van der Waals surface area contributed by atoms with E-state index < -0.39 is 0 Å². The lowest BCUT2D eigenvalue weighted by atomic mass is 10.4. The fourth-order valence-electron chi connectivity index (χ4n) is 1.57. The number of rotatable bonds is 4. The second-order valence-corrected chi connectivity index (χ2v) is 5.52. The number of amides is 1. The smallest absolute Gasteiger partial charge is 0.261 e. The molecule has 0 bridgehead atoms. The van der Waals surface area contributed by atoms with Crippen molar-refractivity contribution in [1.82, 2.24) is 15.2 Å². The average molecular weight is 315 g/mol. The van der Waals surface area contributed by atoms with E-state index in [1.165, 1.54) is 17.0 Å². The molecule has 20 heavy (non-hydrogen) atoms. The summed E-state index contributed by atoms with van der Waals surface area (Å²) in [7, 11) is 0. The topological polar surface area (TPSA) is 59.3 Å². The van der Waals surface area contributed by atoms with Crippen LogP contribution in [0.1, 0.15) is 16.3 Å². The highest BCUT2D eigenvalue weighted by Gasteiger charge is 2.11. The van der Waals surface area contributed by atoms with Crippen LogP contribution in [0.3, 0.4) is 0 Å². The molecule has 2 aromatic heterocycles. The Balaban J connectivity index is 1.92. The van der Waals surface area contributed by atoms with E-state index >= 15 is 0 Å². The van der Waals surface area contributed by atoms with Gasteiger partial charge in [0.2, 0.25) is 0 Å². The number of halogens is 2. The first-order chi connectivity index (χ1) is 9.47. The van der Waals surface area contributed by atoms with Gasteiger partial charge in [0.25, 0.3) is 5.91 Å². The summed E-state index contributed by atoms with van der Waals surface area (Å²) in [6.07, 6.45) is 1.39. The van der Waals surface area contributed by atoms with E-state index in [1.54, 1.807) is 19.9 Å². The molecular formula is C12H12ClFN4OS. The first-order valence-corrected chi connectivity index (χ1v) is 6.93. The second-order valence-electron chi connectivity index (χ2n) is 4.08. The third-order valence-corrected chi connectivity index (χ3v) is 3.92. The zero-order valence-electron chi connectivity index (χ0n) is 10.9. The van der Waals surface area contributed by atoms with Crippen LogP contribution >= 0.6 is 22.9 Å². The van der Waals surface area contributed by atoms with Gasteiger partial charge in [-0.25, -0.2) is 5.43 Å². The predicted octanol–water partition coefficient (Wildman–Crippen LogP) is 2.50. The first-order valence-electron chi connectivity index (χ1n) is 5.74. The number of hydrazone groups is 1. The number of carbonyl (C=O) groups excluding carboxylic acids is 1. The maximum absolute atomic E-state index is 12.7. The highest BCUT2D eigenvalue weighted by Crippen LogP contribution is 2.18. The van der Waals surface area contributed by atoms with Crippen LogP contribution in [0.25, 0.3) is 0 Å². The Morgan fingerprint density at radius 1 is 1.60 bits per heavy atom. The molecule has 0 aliphatic carbocycles. The van der Waals surface area contributed by atoms with E-state index in [2.05, 4.69) is 15.6 Å². The Hall–Kier alpha value is -1.73. The summed E-state index contributed by atoms with van der Waals surface area (Å²) in [4.78, 5) is 12.3. The summed E-state index contributed by atoms with van der Waals surface area (Å²) >= 11 is 6.94. The number of carbonyl (C=O) groups is 1. The molecule has 0 aromatic carbocycles. The van der Waals surface area contributed by atoms with Gasteiger partial charge >= 0.3 is 0 Å². The van der Waals surface area contributed by atoms with E-state index in [0.29, 0.717) is 15.6 Å². The fourth-order valence-corrected chi connectivity index (χ4v) is 2.30. The lowest BCUT2D eigenvalue weighted by Crippen LogP contribution is -2.24. The Morgan fingerprint density at radius 3 is 2.90 bits per heavy atom. The Labute approximate surface area is 124 Å². The van der Waals surface area contributed by atoms with Gasteiger partial charge in [0.15, 0.2) is 5.13 Å². The number of aryl methyl sites for hydroxylation is 1. The highest BCUT2D eigenvalue weighted by molar-refractivity contribution is 7.12. The van der Waals surface area contributed by atoms with Crippen molar-refractivity contribution < 1.29 is 9.18 Å². The van der Waals surface area contributed by atoms with Crippen molar-refractivity contribution in [3.63, 3.8) is 0 Å². The molecule has 0 aliphatic heterocycles. The molecule has 2 heterocycles. The van der Waals surface area contributed by atoms with Crippen LogP contribution in [0.5, 0.6) is 0 Å². The summed E-state index contributed by atoms with van der Waals surface area (Å²) in [5.74, 6) is -0.333. The number of hydrogen-bond acceptors (Lipinski definition) is 4. The monoisotopic (exact) mass is 314 g/mol. The van der Waals surface area contributed by atoms with Crippen molar-refractivity contribution in [2.45, 2.75) is 20.4 Å². The molecule has 0 fully saturated rings. The van der Waals surface area contributed by atoms with Crippen LogP contribution in [0.15, 0.2) is 17.2 Å². The third-order valence-electron chi connectivity index (χ3n) is 2.56. The summed E-state index contributed by atoms with van der Waals surface area (Å²) in [5, 5.41) is 8.15. The minimum absolute atomic E-state index is 0.0233. The molecule has 1 N–H and O–H groups in total. The van der Waals surface area contributed by atoms with Gasteiger partial charge in [-0.2, -0.15) is 14.6 Å². The van der Waals surface area contributed by atoms with Crippen LogP contribution in [-0.2, 0) is 11.3 Å². The molecule has 106 valence electrons. The fraction of sp³-hybridized carbons (Fsp3) is 0.250. The number of thiophene rings is 1. The lowest BCUT2D eigenvalue weighted by Gasteiger charge is -2.02. The largest absolute Gasteiger partial charge is 0.271 e. The second kappa shape index (κ2) is 6.15. The Bertz CT molecular complexity index is 664. The Kier molecular flexibility index (Phi) is 4.51. The molecule has 0 radical (unpaired) electrons. The van der Waals surface area contributed by atoms with Crippen molar-refractivity contribution in [2.24, 2.45) is 5.10 Å². The third kappa shape index (κ3) is 3.43. The summed E-state index contributed by atoms with van der Waals surface area (Å²) in [5.41, 5.74) is 3.76. The minimum atomic E-state index is -0.333. The summed E-state index contributed by atoms with van der Waals surface area (Å²) in [6.45, 7) is 3.58. The van der Waals surface area contributed by atoms with Gasteiger partial charge in [0.1, 0.15) is 6.54 Å². The normalized spacial score (nSPS) is 11.2. The minimum Gasteiger partial charge on any atom is -0.271 e. The molecule has 8 heteroatoms. The first kappa shape index (κ1) is 14.7. The molecule has 0 unspecified atom stereocenters. The van der Waals surface area contributed by atoms with Gasteiger partial charge in [-0.05, 0) is 26.0 Å². The molecule has 5 nitrogen and oxygen atoms in total. The molecule has 1 amide bonds. The molecule has 2 aromatic rings. The van der Waals surface area contributed by atoms with Gasteiger partial charge in [0.05, 0.1) is 27.5 Å². The number of hydrogen-bond donors (Lipinski definition) is 1. The highest BCUT2D eigenvalue weighted by atomic mass is 35.5. The van der Waals surface area contributed by atoms with Crippen molar-refractivity contribution >= 4 is 35.1 Å². The van der Waals surface area contributed by atoms with Crippen molar-refractivity contribution in [3.05, 3.63) is 38.6 Å². The van der Waals surface area contributed by atoms with Crippen LogP contribution in [-0.4, -0.2) is 21.9 Å². The van der Waals surface area contributed by atoms with E-state index in [9.17, 15) is 9.18 Å². The zero-order valence-corrected chi connectivity index (χ0v) is 12.4. The van der Waals surface area contributed by atoms with Crippen molar-refractivity contribution in [3.8, 4) is 0 Å². The quantitative estimate of drug-likeness (QED) is 0.696. The standard InChI is InChI=1S/C12H12ClFN4OS/c1-7-12(13)8(2)18(17-7)6-11(19)16-15-5-9-3-4-10(14)20-9/h3-5H,6H2,1-2H3,(H,16,19)/b15-5-. The van der Waals surface area contributed by atoms with Crippen molar-refractivity contribution in [2.75, 3.05) is 0 Å². The SMILES string of the molecule is Cc1nn(CC(=O)N/N=C\c2ccc(F)s2)c(C)c1Cl. The number of aromatic nitrogens is 2. The number of nitrogens with one attached hydrogen (secondary N) is 1. The Morgan fingerprint density at radius 2 is 2.35 bits per heavy atom. The molecule has 0 saturated carbocycles. The van der Waals surface area contributed by atoms with Crippen LogP contribution < -0.4 is 5.43 Å². The maximum Gasteiger partial charge on any atom is 0.261 e. The predicted molar refractivity (Wildman–Crippen MR) is 76.7 cm³/mol. The van der Waals surface area contributed by atoms with E-state index in [0.717, 1.165) is 17.0 Å². The van der Waals surface area contributed by atoms with Crippen molar-refractivity contribution in [1.29, 1.82) is 0 Å². The van der Waals surface area contributed by atoms with Gasteiger partial charge < -0.3 is 0 Å². The van der Waals surface area contributed by atoms with Gasteiger partial charge in [-0.1, -0.05) is 11.6 Å². The molecule has 0 spiro atoms. The molecule has 2 rings (SSSR count). The molecule has 0 atom stereocenters. The summed E-state index contributed by atoms with van der Waals surface area (Å²) < 4.78 is 14.2. The summed E-state index contributed by atoms with van der Waals surface area (Å²) in [6, 6.07) is 2.92. The zero-order chi connectivity index (χ0) is 14.7. The maximum atomic E-state index is 12.7. The lowest BCUT2D eigenvalue weighted by molar-refractivity contribution is -0.121. The number of nitrogens with zero attached hydrogens (tertiary/aromatic N) is 3. The van der Waals surface area contributed by atoms with Gasteiger partial charge in [0, 0.05) is 0 Å². The van der Waals surface area contributed by atoms with E-state index in [-0.39, 0.29) is 17.6 Å². The van der Waals surface area contributed by atoms with E-state index in [4.69, 9.17) is 11.6 Å². The van der Waals surface area contributed by atoms with Crippen LogP contribution in [0.4, 0.5) is 4.39 Å². The molecule has 0 saturated heterocycles. The average Bonchev–Trinajstić information content (AvgIpc) is 2.90. The molecule has 0 aliphatic rings. The van der Waals surface area contributed by atoms with E-state index in [1.807, 2.05) is 0 Å². The molecular weight excluding hydrogens is 303 g/mol. The van der Waals surface area contributed by atoms with Gasteiger partial charge in [-0.15, -0.1) is 11.3 Å². The van der Waals surface area contributed by atoms with Gasteiger partial charge in [-0.3, -0.25) is 9.48 Å².